The first-order valence-electron chi connectivity index (χ1n) is 7.26. The van der Waals surface area contributed by atoms with Crippen LogP contribution in [0.15, 0.2) is 6.33 Å². The van der Waals surface area contributed by atoms with Gasteiger partial charge in [0.1, 0.15) is 12.2 Å². The van der Waals surface area contributed by atoms with Crippen molar-refractivity contribution in [2.24, 2.45) is 5.92 Å². The van der Waals surface area contributed by atoms with E-state index in [1.807, 2.05) is 9.58 Å². The molecular formula is C13H18N6O2. The average Bonchev–Trinajstić information content (AvgIpc) is 3.02. The second kappa shape index (κ2) is 4.19. The molecule has 1 aromatic rings. The maximum absolute atomic E-state index is 12.6. The lowest BCUT2D eigenvalue weighted by Gasteiger charge is -2.51. The summed E-state index contributed by atoms with van der Waals surface area (Å²) >= 11 is 0. The van der Waals surface area contributed by atoms with Crippen LogP contribution in [0.2, 0.25) is 0 Å². The van der Waals surface area contributed by atoms with Crippen LogP contribution in [0.1, 0.15) is 12.2 Å². The van der Waals surface area contributed by atoms with Gasteiger partial charge in [-0.25, -0.2) is 14.5 Å². The van der Waals surface area contributed by atoms with Crippen molar-refractivity contribution in [2.45, 2.75) is 24.9 Å². The van der Waals surface area contributed by atoms with Gasteiger partial charge >= 0.3 is 6.03 Å². The van der Waals surface area contributed by atoms with Gasteiger partial charge in [-0.3, -0.25) is 4.79 Å². The number of likely N-dealkylation sites (N-methyl/N-ethyl adjacent to an activating group) is 1. The van der Waals surface area contributed by atoms with Crippen molar-refractivity contribution in [1.82, 2.24) is 29.9 Å². The van der Waals surface area contributed by atoms with Crippen LogP contribution in [0.3, 0.4) is 0 Å². The van der Waals surface area contributed by atoms with E-state index < -0.39 is 0 Å². The summed E-state index contributed by atoms with van der Waals surface area (Å²) in [5, 5.41) is 6.99. The molecule has 1 N–H and O–H groups in total. The standard InChI is InChI=1S/C13H18N6O2/c1-17-12(21)14-5-13(17)6-18(7-13)11(20)9-2-3-10-15-8-16-19(10)4-9/h8-9H,2-7H2,1H3,(H,14,21). The van der Waals surface area contributed by atoms with Crippen molar-refractivity contribution < 1.29 is 9.59 Å². The zero-order valence-corrected chi connectivity index (χ0v) is 11.9. The zero-order chi connectivity index (χ0) is 14.6. The third kappa shape index (κ3) is 1.74. The minimum Gasteiger partial charge on any atom is -0.337 e. The zero-order valence-electron chi connectivity index (χ0n) is 11.9. The molecule has 0 bridgehead atoms. The second-order valence-electron chi connectivity index (χ2n) is 6.23. The molecule has 21 heavy (non-hydrogen) atoms. The SMILES string of the molecule is CN1C(=O)NCC12CN(C(=O)C1CCc3ncnn3C1)C2. The monoisotopic (exact) mass is 290 g/mol. The molecule has 8 heteroatoms. The first-order valence-corrected chi connectivity index (χ1v) is 7.26. The van der Waals surface area contributed by atoms with Crippen LogP contribution in [0.4, 0.5) is 4.79 Å². The Balaban J connectivity index is 1.41. The fourth-order valence-electron chi connectivity index (χ4n) is 3.53. The Morgan fingerprint density at radius 2 is 2.29 bits per heavy atom. The molecule has 4 rings (SSSR count). The fraction of sp³-hybridized carbons (Fsp3) is 0.692. The number of nitrogens with zero attached hydrogens (tertiary/aromatic N) is 5. The molecule has 2 saturated heterocycles. The number of aryl methyl sites for hydroxylation is 1. The number of likely N-dealkylation sites (tertiary alicyclic amines) is 1. The Bertz CT molecular complexity index is 606. The summed E-state index contributed by atoms with van der Waals surface area (Å²) in [6.45, 7) is 2.50. The molecule has 0 aliphatic carbocycles. The summed E-state index contributed by atoms with van der Waals surface area (Å²) in [6.07, 6.45) is 3.18. The predicted octanol–water partition coefficient (Wildman–Crippen LogP) is -0.923. The highest BCUT2D eigenvalue weighted by Crippen LogP contribution is 2.32. The summed E-state index contributed by atoms with van der Waals surface area (Å²) in [4.78, 5) is 31.9. The van der Waals surface area contributed by atoms with Crippen LogP contribution < -0.4 is 5.32 Å². The lowest BCUT2D eigenvalue weighted by atomic mass is 9.87. The maximum atomic E-state index is 12.6. The number of urea groups is 1. The van der Waals surface area contributed by atoms with Crippen molar-refractivity contribution in [3.63, 3.8) is 0 Å². The van der Waals surface area contributed by atoms with Crippen LogP contribution in [-0.4, -0.2) is 68.7 Å². The highest BCUT2D eigenvalue weighted by Gasteiger charge is 2.54. The van der Waals surface area contributed by atoms with Crippen LogP contribution in [-0.2, 0) is 17.8 Å². The predicted molar refractivity (Wildman–Crippen MR) is 72.3 cm³/mol. The molecular weight excluding hydrogens is 272 g/mol. The van der Waals surface area contributed by atoms with Crippen LogP contribution in [0, 0.1) is 5.92 Å². The Morgan fingerprint density at radius 1 is 1.48 bits per heavy atom. The van der Waals surface area contributed by atoms with Crippen molar-refractivity contribution in [3.8, 4) is 0 Å². The number of nitrogens with one attached hydrogen (secondary N) is 1. The molecule has 0 radical (unpaired) electrons. The Labute approximate surface area is 122 Å². The van der Waals surface area contributed by atoms with Crippen molar-refractivity contribution in [2.75, 3.05) is 26.7 Å². The quantitative estimate of drug-likeness (QED) is 0.725. The van der Waals surface area contributed by atoms with Gasteiger partial charge in [-0.2, -0.15) is 5.10 Å². The molecule has 0 saturated carbocycles. The molecule has 3 aliphatic heterocycles. The van der Waals surface area contributed by atoms with Gasteiger partial charge in [0.25, 0.3) is 0 Å². The number of hydrogen-bond acceptors (Lipinski definition) is 4. The normalized spacial score (nSPS) is 26.5. The van der Waals surface area contributed by atoms with E-state index in [1.54, 1.807) is 18.3 Å². The first-order chi connectivity index (χ1) is 10.1. The van der Waals surface area contributed by atoms with E-state index in [2.05, 4.69) is 15.4 Å². The van der Waals surface area contributed by atoms with E-state index in [-0.39, 0.29) is 23.4 Å². The van der Waals surface area contributed by atoms with E-state index in [4.69, 9.17) is 0 Å². The van der Waals surface area contributed by atoms with Gasteiger partial charge in [-0.15, -0.1) is 0 Å². The molecule has 8 nitrogen and oxygen atoms in total. The molecule has 3 amide bonds. The average molecular weight is 290 g/mol. The second-order valence-corrected chi connectivity index (χ2v) is 6.23. The van der Waals surface area contributed by atoms with E-state index in [9.17, 15) is 9.59 Å². The van der Waals surface area contributed by atoms with Crippen molar-refractivity contribution in [1.29, 1.82) is 0 Å². The van der Waals surface area contributed by atoms with E-state index in [1.165, 1.54) is 0 Å². The minimum absolute atomic E-state index is 0.0214. The van der Waals surface area contributed by atoms with Gasteiger partial charge < -0.3 is 15.1 Å². The van der Waals surface area contributed by atoms with Crippen molar-refractivity contribution >= 4 is 11.9 Å². The van der Waals surface area contributed by atoms with Crippen LogP contribution in [0.25, 0.3) is 0 Å². The van der Waals surface area contributed by atoms with Crippen LogP contribution in [0.5, 0.6) is 0 Å². The molecule has 2 fully saturated rings. The summed E-state index contributed by atoms with van der Waals surface area (Å²) in [6, 6.07) is -0.0491. The largest absolute Gasteiger partial charge is 0.337 e. The molecule has 1 atom stereocenters. The molecule has 1 aromatic heterocycles. The maximum Gasteiger partial charge on any atom is 0.317 e. The van der Waals surface area contributed by atoms with Gasteiger partial charge in [0.05, 0.1) is 18.0 Å². The van der Waals surface area contributed by atoms with Crippen LogP contribution >= 0.6 is 0 Å². The van der Waals surface area contributed by atoms with Gasteiger partial charge in [0.2, 0.25) is 5.91 Å². The number of aromatic nitrogens is 3. The highest BCUT2D eigenvalue weighted by atomic mass is 16.2. The van der Waals surface area contributed by atoms with Gasteiger partial charge in [-0.05, 0) is 6.42 Å². The Kier molecular flexibility index (Phi) is 2.51. The topological polar surface area (TPSA) is 83.4 Å². The Hall–Kier alpha value is -2.12. The summed E-state index contributed by atoms with van der Waals surface area (Å²) in [5.41, 5.74) is -0.195. The fourth-order valence-corrected chi connectivity index (χ4v) is 3.53. The molecule has 4 heterocycles. The molecule has 3 aliphatic rings. The number of fused-ring (bicyclic) bond motifs is 1. The number of hydrogen-bond donors (Lipinski definition) is 1. The van der Waals surface area contributed by atoms with Gasteiger partial charge in [0.15, 0.2) is 0 Å². The summed E-state index contributed by atoms with van der Waals surface area (Å²) in [5.74, 6) is 1.12. The Morgan fingerprint density at radius 3 is 3.00 bits per heavy atom. The van der Waals surface area contributed by atoms with E-state index >= 15 is 0 Å². The van der Waals surface area contributed by atoms with Gasteiger partial charge in [-0.1, -0.05) is 0 Å². The lowest BCUT2D eigenvalue weighted by molar-refractivity contribution is -0.147. The lowest BCUT2D eigenvalue weighted by Crippen LogP contribution is -2.71. The highest BCUT2D eigenvalue weighted by molar-refractivity contribution is 5.82. The number of carbonyl (C=O) groups excluding carboxylic acids is 2. The molecule has 1 unspecified atom stereocenters. The smallest absolute Gasteiger partial charge is 0.317 e. The van der Waals surface area contributed by atoms with E-state index in [0.717, 1.165) is 18.7 Å². The number of carbonyl (C=O) groups is 2. The molecule has 1 spiro atoms. The third-order valence-corrected chi connectivity index (χ3v) is 5.02. The summed E-state index contributed by atoms with van der Waals surface area (Å²) < 4.78 is 1.83. The molecule has 112 valence electrons. The van der Waals surface area contributed by atoms with Crippen molar-refractivity contribution in [3.05, 3.63) is 12.2 Å². The number of rotatable bonds is 1. The summed E-state index contributed by atoms with van der Waals surface area (Å²) in [7, 11) is 1.80. The minimum atomic E-state index is -0.195. The first kappa shape index (κ1) is 12.6. The van der Waals surface area contributed by atoms with Gasteiger partial charge in [0, 0.05) is 33.1 Å². The third-order valence-electron chi connectivity index (χ3n) is 5.02. The molecule has 0 aromatic carbocycles. The number of amides is 3. The van der Waals surface area contributed by atoms with E-state index in [0.29, 0.717) is 26.2 Å².